The first-order valence-corrected chi connectivity index (χ1v) is 12.4. The molecule has 3 rings (SSSR count). The molecule has 4 atom stereocenters. The van der Waals surface area contributed by atoms with Crippen LogP contribution in [0.3, 0.4) is 0 Å². The first-order chi connectivity index (χ1) is 18.9. The smallest absolute Gasteiger partial charge is 0.325 e. The van der Waals surface area contributed by atoms with Gasteiger partial charge in [0.2, 0.25) is 17.7 Å². The number of rotatable bonds is 13. The minimum absolute atomic E-state index is 0.0136. The van der Waals surface area contributed by atoms with Crippen LogP contribution in [0.2, 0.25) is 0 Å². The molecule has 3 aromatic rings. The second kappa shape index (κ2) is 13.2. The van der Waals surface area contributed by atoms with Gasteiger partial charge in [0.15, 0.2) is 0 Å². The molecular formula is C27H31N5O8. The molecule has 4 unspecified atom stereocenters. The number of benzene rings is 2. The number of aliphatic carboxylic acids is 2. The largest absolute Gasteiger partial charge is 0.508 e. The average molecular weight is 554 g/mol. The van der Waals surface area contributed by atoms with Gasteiger partial charge in [-0.2, -0.15) is 0 Å². The minimum atomic E-state index is -1.62. The number of phenolic OH excluding ortho intramolecular Hbond substituents is 1. The lowest BCUT2D eigenvalue weighted by Gasteiger charge is -2.24. The summed E-state index contributed by atoms with van der Waals surface area (Å²) in [5, 5.41) is 35.8. The number of H-pyrrole nitrogens is 1. The third kappa shape index (κ3) is 8.04. The number of para-hydroxylation sites is 1. The summed E-state index contributed by atoms with van der Waals surface area (Å²) in [5.41, 5.74) is 8.38. The first-order valence-electron chi connectivity index (χ1n) is 12.4. The van der Waals surface area contributed by atoms with E-state index in [1.807, 2.05) is 24.3 Å². The highest BCUT2D eigenvalue weighted by Gasteiger charge is 2.31. The van der Waals surface area contributed by atoms with Gasteiger partial charge in [0, 0.05) is 23.5 Å². The van der Waals surface area contributed by atoms with E-state index >= 15 is 0 Å². The topological polar surface area (TPSA) is 224 Å². The average Bonchev–Trinajstić information content (AvgIpc) is 3.31. The molecule has 1 heterocycles. The first kappa shape index (κ1) is 29.6. The zero-order chi connectivity index (χ0) is 29.4. The van der Waals surface area contributed by atoms with Gasteiger partial charge in [-0.15, -0.1) is 0 Å². The number of carboxylic acid groups (broad SMARTS) is 2. The molecule has 1 aromatic heterocycles. The van der Waals surface area contributed by atoms with E-state index in [9.17, 15) is 34.2 Å². The maximum atomic E-state index is 13.3. The molecule has 0 spiro atoms. The van der Waals surface area contributed by atoms with Gasteiger partial charge in [0.25, 0.3) is 0 Å². The zero-order valence-corrected chi connectivity index (χ0v) is 21.6. The highest BCUT2D eigenvalue weighted by Crippen LogP contribution is 2.19. The fourth-order valence-corrected chi connectivity index (χ4v) is 4.02. The highest BCUT2D eigenvalue weighted by atomic mass is 16.4. The predicted octanol–water partition coefficient (Wildman–Crippen LogP) is 0.0196. The predicted molar refractivity (Wildman–Crippen MR) is 143 cm³/mol. The van der Waals surface area contributed by atoms with Crippen LogP contribution >= 0.6 is 0 Å². The monoisotopic (exact) mass is 553 g/mol. The maximum absolute atomic E-state index is 13.3. The number of fused-ring (bicyclic) bond motifs is 1. The molecule has 0 aliphatic rings. The fraction of sp³-hybridized carbons (Fsp3) is 0.296. The molecule has 0 aliphatic heterocycles. The Bertz CT molecular complexity index is 1390. The Hall–Kier alpha value is -4.91. The second-order valence-electron chi connectivity index (χ2n) is 9.33. The minimum Gasteiger partial charge on any atom is -0.508 e. The van der Waals surface area contributed by atoms with Crippen molar-refractivity contribution < 1.29 is 39.3 Å². The van der Waals surface area contributed by atoms with E-state index in [4.69, 9.17) is 10.8 Å². The third-order valence-corrected chi connectivity index (χ3v) is 6.20. The molecular weight excluding hydrogens is 522 g/mol. The Kier molecular flexibility index (Phi) is 9.81. The van der Waals surface area contributed by atoms with Gasteiger partial charge < -0.3 is 42.0 Å². The lowest BCUT2D eigenvalue weighted by molar-refractivity contribution is -0.143. The Morgan fingerprint density at radius 1 is 0.850 bits per heavy atom. The van der Waals surface area contributed by atoms with E-state index in [2.05, 4.69) is 20.9 Å². The number of aromatic nitrogens is 1. The molecule has 3 amide bonds. The number of aromatic hydroxyl groups is 1. The van der Waals surface area contributed by atoms with Crippen molar-refractivity contribution in [3.05, 3.63) is 65.9 Å². The van der Waals surface area contributed by atoms with Crippen molar-refractivity contribution in [3.8, 4) is 5.75 Å². The van der Waals surface area contributed by atoms with Gasteiger partial charge in [0.1, 0.15) is 23.9 Å². The van der Waals surface area contributed by atoms with Crippen LogP contribution in [0, 0.1) is 0 Å². The summed E-state index contributed by atoms with van der Waals surface area (Å²) in [5.74, 6) is -5.34. The molecule has 13 heteroatoms. The standard InChI is InChI=1S/C27H31N5O8/c1-14(27(39)40)30-25(37)22(12-23(34)35)32-26(38)21(10-15-6-8-17(33)9-7-15)31-24(36)19(28)11-16-13-29-20-5-3-2-4-18(16)20/h2-9,13-14,19,21-22,29,33H,10-12,28H2,1H3,(H,30,37)(H,31,36)(H,32,38)(H,34,35)(H,39,40). The van der Waals surface area contributed by atoms with E-state index in [0.29, 0.717) is 5.56 Å². The van der Waals surface area contributed by atoms with Crippen molar-refractivity contribution in [1.29, 1.82) is 0 Å². The van der Waals surface area contributed by atoms with Crippen molar-refractivity contribution >= 4 is 40.6 Å². The van der Waals surface area contributed by atoms with Crippen LogP contribution < -0.4 is 21.7 Å². The summed E-state index contributed by atoms with van der Waals surface area (Å²) in [4.78, 5) is 64.5. The number of hydrogen-bond acceptors (Lipinski definition) is 7. The molecule has 0 fully saturated rings. The van der Waals surface area contributed by atoms with Crippen molar-refractivity contribution in [2.75, 3.05) is 0 Å². The lowest BCUT2D eigenvalue weighted by atomic mass is 10.0. The molecule has 40 heavy (non-hydrogen) atoms. The Morgan fingerprint density at radius 2 is 1.48 bits per heavy atom. The van der Waals surface area contributed by atoms with Gasteiger partial charge in [0.05, 0.1) is 12.5 Å². The summed E-state index contributed by atoms with van der Waals surface area (Å²) in [6, 6.07) is 8.03. The van der Waals surface area contributed by atoms with E-state index in [0.717, 1.165) is 16.5 Å². The van der Waals surface area contributed by atoms with Crippen LogP contribution in [0.25, 0.3) is 10.9 Å². The summed E-state index contributed by atoms with van der Waals surface area (Å²) >= 11 is 0. The fourth-order valence-electron chi connectivity index (χ4n) is 4.02. The molecule has 2 aromatic carbocycles. The van der Waals surface area contributed by atoms with Crippen LogP contribution in [0.5, 0.6) is 5.75 Å². The number of hydrogen-bond donors (Lipinski definition) is 8. The summed E-state index contributed by atoms with van der Waals surface area (Å²) in [6.07, 6.45) is 0.987. The van der Waals surface area contributed by atoms with Crippen molar-refractivity contribution in [1.82, 2.24) is 20.9 Å². The highest BCUT2D eigenvalue weighted by molar-refractivity contribution is 5.96. The molecule has 0 bridgehead atoms. The number of amides is 3. The van der Waals surface area contributed by atoms with Crippen LogP contribution in [0.1, 0.15) is 24.5 Å². The van der Waals surface area contributed by atoms with Gasteiger partial charge >= 0.3 is 11.9 Å². The van der Waals surface area contributed by atoms with E-state index in [1.54, 1.807) is 6.20 Å². The van der Waals surface area contributed by atoms with E-state index in [1.165, 1.54) is 31.2 Å². The van der Waals surface area contributed by atoms with Gasteiger partial charge in [-0.3, -0.25) is 24.0 Å². The maximum Gasteiger partial charge on any atom is 0.325 e. The molecule has 0 radical (unpaired) electrons. The molecule has 212 valence electrons. The van der Waals surface area contributed by atoms with Crippen molar-refractivity contribution in [2.45, 2.75) is 50.4 Å². The molecule has 9 N–H and O–H groups in total. The van der Waals surface area contributed by atoms with Crippen LogP contribution in [0.4, 0.5) is 0 Å². The normalized spacial score (nSPS) is 13.9. The summed E-state index contributed by atoms with van der Waals surface area (Å²) < 4.78 is 0. The molecule has 0 aliphatic carbocycles. The summed E-state index contributed by atoms with van der Waals surface area (Å²) in [6.45, 7) is 1.18. The quantitative estimate of drug-likeness (QED) is 0.143. The second-order valence-corrected chi connectivity index (χ2v) is 9.33. The number of carboxylic acids is 2. The van der Waals surface area contributed by atoms with Crippen molar-refractivity contribution in [2.24, 2.45) is 5.73 Å². The van der Waals surface area contributed by atoms with E-state index in [-0.39, 0.29) is 18.6 Å². The van der Waals surface area contributed by atoms with Gasteiger partial charge in [-0.25, -0.2) is 0 Å². The molecule has 0 saturated heterocycles. The Labute approximate surface area is 228 Å². The zero-order valence-electron chi connectivity index (χ0n) is 21.6. The third-order valence-electron chi connectivity index (χ3n) is 6.20. The number of nitrogens with one attached hydrogen (secondary N) is 4. The Balaban J connectivity index is 1.78. The summed E-state index contributed by atoms with van der Waals surface area (Å²) in [7, 11) is 0. The molecule has 0 saturated carbocycles. The van der Waals surface area contributed by atoms with Crippen LogP contribution in [-0.4, -0.2) is 74.1 Å². The van der Waals surface area contributed by atoms with Crippen LogP contribution in [0.15, 0.2) is 54.7 Å². The van der Waals surface area contributed by atoms with Crippen LogP contribution in [-0.2, 0) is 36.8 Å². The number of phenols is 1. The number of carbonyl (C=O) groups excluding carboxylic acids is 3. The number of aromatic amines is 1. The Morgan fingerprint density at radius 3 is 2.12 bits per heavy atom. The SMILES string of the molecule is CC(NC(=O)C(CC(=O)O)NC(=O)C(Cc1ccc(O)cc1)NC(=O)C(N)Cc1c[nH]c2ccccc12)C(=O)O. The number of carbonyl (C=O) groups is 5. The van der Waals surface area contributed by atoms with E-state index < -0.39 is 60.2 Å². The van der Waals surface area contributed by atoms with Gasteiger partial charge in [-0.1, -0.05) is 30.3 Å². The van der Waals surface area contributed by atoms with Gasteiger partial charge in [-0.05, 0) is 42.7 Å². The molecule has 13 nitrogen and oxygen atoms in total. The van der Waals surface area contributed by atoms with Crippen molar-refractivity contribution in [3.63, 3.8) is 0 Å². The number of nitrogens with two attached hydrogens (primary N) is 1. The lowest BCUT2D eigenvalue weighted by Crippen LogP contribution is -2.58.